The van der Waals surface area contributed by atoms with Gasteiger partial charge in [0.05, 0.1) is 25.0 Å². The van der Waals surface area contributed by atoms with Gasteiger partial charge in [0.15, 0.2) is 0 Å². The van der Waals surface area contributed by atoms with E-state index in [-0.39, 0.29) is 11.3 Å². The zero-order valence-corrected chi connectivity index (χ0v) is 18.3. The van der Waals surface area contributed by atoms with Crippen molar-refractivity contribution in [2.45, 2.75) is 6.92 Å². The first kappa shape index (κ1) is 21.5. The number of anilines is 2. The Bertz CT molecular complexity index is 1170. The molecule has 6 nitrogen and oxygen atoms in total. The highest BCUT2D eigenvalue weighted by atomic mass is 35.5. The topological polar surface area (TPSA) is 67.9 Å². The Morgan fingerprint density at radius 2 is 1.47 bits per heavy atom. The molecule has 4 rings (SSSR count). The first-order chi connectivity index (χ1) is 15.5. The van der Waals surface area contributed by atoms with Gasteiger partial charge in [0.25, 0.3) is 11.8 Å². The van der Waals surface area contributed by atoms with Crippen LogP contribution in [0.15, 0.2) is 78.5 Å². The molecular formula is C25H21ClN2O4. The lowest BCUT2D eigenvalue weighted by molar-refractivity contribution is -0.120. The van der Waals surface area contributed by atoms with Crippen LogP contribution in [0.25, 0.3) is 5.57 Å². The molecule has 0 atom stereocenters. The van der Waals surface area contributed by atoms with Gasteiger partial charge in [-0.2, -0.15) is 0 Å². The van der Waals surface area contributed by atoms with Crippen LogP contribution in [0.5, 0.6) is 11.5 Å². The molecule has 32 heavy (non-hydrogen) atoms. The van der Waals surface area contributed by atoms with Crippen LogP contribution in [-0.4, -0.2) is 25.5 Å². The van der Waals surface area contributed by atoms with Gasteiger partial charge in [0.2, 0.25) is 0 Å². The number of nitrogens with zero attached hydrogens (tertiary/aromatic N) is 1. The summed E-state index contributed by atoms with van der Waals surface area (Å²) >= 11 is 5.98. The summed E-state index contributed by atoms with van der Waals surface area (Å²) in [4.78, 5) is 27.9. The summed E-state index contributed by atoms with van der Waals surface area (Å²) in [6, 6.07) is 20.8. The lowest BCUT2D eigenvalue weighted by Crippen LogP contribution is -2.32. The lowest BCUT2D eigenvalue weighted by Gasteiger charge is -2.15. The van der Waals surface area contributed by atoms with E-state index in [2.05, 4.69) is 5.32 Å². The smallest absolute Gasteiger partial charge is 0.282 e. The second kappa shape index (κ2) is 9.16. The molecule has 1 aliphatic heterocycles. The molecule has 1 N–H and O–H groups in total. The van der Waals surface area contributed by atoms with E-state index < -0.39 is 11.8 Å². The Kier molecular flexibility index (Phi) is 6.14. The van der Waals surface area contributed by atoms with Gasteiger partial charge in [0.1, 0.15) is 17.2 Å². The van der Waals surface area contributed by atoms with Crippen molar-refractivity contribution in [1.82, 2.24) is 0 Å². The Labute approximate surface area is 191 Å². The Balaban J connectivity index is 1.75. The number of rotatable bonds is 7. The minimum Gasteiger partial charge on any atom is -0.497 e. The van der Waals surface area contributed by atoms with Gasteiger partial charge in [-0.3, -0.25) is 9.59 Å². The molecule has 1 heterocycles. The molecule has 0 saturated carbocycles. The van der Waals surface area contributed by atoms with Crippen LogP contribution in [0.3, 0.4) is 0 Å². The average Bonchev–Trinajstić information content (AvgIpc) is 3.05. The SMILES string of the molecule is CCOc1ccc(NC2=C(c3ccc(OC)cc3)C(=O)N(c3ccc(Cl)cc3)C2=O)cc1. The molecule has 1 aliphatic rings. The highest BCUT2D eigenvalue weighted by molar-refractivity contribution is 6.46. The number of hydrogen-bond acceptors (Lipinski definition) is 5. The summed E-state index contributed by atoms with van der Waals surface area (Å²) < 4.78 is 10.7. The summed E-state index contributed by atoms with van der Waals surface area (Å²) in [6.07, 6.45) is 0. The number of amides is 2. The van der Waals surface area contributed by atoms with Gasteiger partial charge < -0.3 is 14.8 Å². The molecule has 3 aromatic carbocycles. The van der Waals surface area contributed by atoms with Crippen LogP contribution in [0, 0.1) is 0 Å². The number of benzene rings is 3. The third-order valence-electron chi connectivity index (χ3n) is 4.98. The number of halogens is 1. The Hall–Kier alpha value is -3.77. The number of imide groups is 1. The summed E-state index contributed by atoms with van der Waals surface area (Å²) in [7, 11) is 1.57. The van der Waals surface area contributed by atoms with E-state index in [1.807, 2.05) is 6.92 Å². The maximum absolute atomic E-state index is 13.4. The van der Waals surface area contributed by atoms with E-state index in [9.17, 15) is 9.59 Å². The molecule has 0 radical (unpaired) electrons. The maximum atomic E-state index is 13.4. The molecule has 0 aliphatic carbocycles. The normalized spacial score (nSPS) is 13.5. The minimum atomic E-state index is -0.447. The maximum Gasteiger partial charge on any atom is 0.282 e. The zero-order chi connectivity index (χ0) is 22.7. The molecule has 0 spiro atoms. The standard InChI is InChI=1S/C25H21ClN2O4/c1-3-32-21-14-8-18(9-15-21)27-23-22(16-4-12-20(31-2)13-5-16)24(29)28(25(23)30)19-10-6-17(26)7-11-19/h4-15,27H,3H2,1-2H3. The van der Waals surface area contributed by atoms with Crippen molar-refractivity contribution in [1.29, 1.82) is 0 Å². The van der Waals surface area contributed by atoms with Gasteiger partial charge in [-0.05, 0) is 73.2 Å². The second-order valence-electron chi connectivity index (χ2n) is 6.98. The van der Waals surface area contributed by atoms with Crippen LogP contribution in [0.2, 0.25) is 5.02 Å². The number of carbonyl (C=O) groups is 2. The fourth-order valence-corrected chi connectivity index (χ4v) is 3.57. The van der Waals surface area contributed by atoms with Crippen LogP contribution in [-0.2, 0) is 9.59 Å². The monoisotopic (exact) mass is 448 g/mol. The Morgan fingerprint density at radius 1 is 0.844 bits per heavy atom. The first-order valence-corrected chi connectivity index (χ1v) is 10.4. The fraction of sp³-hybridized carbons (Fsp3) is 0.120. The number of carbonyl (C=O) groups excluding carboxylic acids is 2. The number of hydrogen-bond donors (Lipinski definition) is 1. The minimum absolute atomic E-state index is 0.194. The van der Waals surface area contributed by atoms with E-state index >= 15 is 0 Å². The summed E-state index contributed by atoms with van der Waals surface area (Å²) in [5.41, 5.74) is 2.18. The van der Waals surface area contributed by atoms with Gasteiger partial charge in [-0.25, -0.2) is 4.90 Å². The van der Waals surface area contributed by atoms with E-state index in [0.717, 1.165) is 10.6 Å². The Morgan fingerprint density at radius 3 is 2.06 bits per heavy atom. The molecule has 0 aromatic heterocycles. The van der Waals surface area contributed by atoms with E-state index in [1.54, 1.807) is 79.9 Å². The predicted octanol–water partition coefficient (Wildman–Crippen LogP) is 5.14. The van der Waals surface area contributed by atoms with Crippen LogP contribution in [0.1, 0.15) is 12.5 Å². The van der Waals surface area contributed by atoms with Crippen molar-refractivity contribution in [2.24, 2.45) is 0 Å². The van der Waals surface area contributed by atoms with Crippen LogP contribution in [0.4, 0.5) is 11.4 Å². The van der Waals surface area contributed by atoms with E-state index in [1.165, 1.54) is 0 Å². The highest BCUT2D eigenvalue weighted by Gasteiger charge is 2.40. The predicted molar refractivity (Wildman–Crippen MR) is 125 cm³/mol. The van der Waals surface area contributed by atoms with E-state index in [0.29, 0.717) is 34.3 Å². The molecule has 0 fully saturated rings. The second-order valence-corrected chi connectivity index (χ2v) is 7.42. The molecule has 162 valence electrons. The summed E-state index contributed by atoms with van der Waals surface area (Å²) in [6.45, 7) is 2.47. The van der Waals surface area contributed by atoms with Crippen molar-refractivity contribution in [3.63, 3.8) is 0 Å². The van der Waals surface area contributed by atoms with Gasteiger partial charge in [0, 0.05) is 10.7 Å². The number of ether oxygens (including phenoxy) is 2. The van der Waals surface area contributed by atoms with E-state index in [4.69, 9.17) is 21.1 Å². The van der Waals surface area contributed by atoms with Crippen molar-refractivity contribution in [3.8, 4) is 11.5 Å². The van der Waals surface area contributed by atoms with Crippen molar-refractivity contribution in [2.75, 3.05) is 23.9 Å². The van der Waals surface area contributed by atoms with Crippen LogP contribution >= 0.6 is 11.6 Å². The molecule has 0 saturated heterocycles. The highest BCUT2D eigenvalue weighted by Crippen LogP contribution is 2.35. The third-order valence-corrected chi connectivity index (χ3v) is 5.23. The quantitative estimate of drug-likeness (QED) is 0.506. The third kappa shape index (κ3) is 4.18. The van der Waals surface area contributed by atoms with Gasteiger partial charge in [-0.15, -0.1) is 0 Å². The average molecular weight is 449 g/mol. The molecular weight excluding hydrogens is 428 g/mol. The largest absolute Gasteiger partial charge is 0.497 e. The van der Waals surface area contributed by atoms with Crippen LogP contribution < -0.4 is 19.7 Å². The fourth-order valence-electron chi connectivity index (χ4n) is 3.44. The molecule has 0 unspecified atom stereocenters. The van der Waals surface area contributed by atoms with Gasteiger partial charge in [-0.1, -0.05) is 23.7 Å². The summed E-state index contributed by atoms with van der Waals surface area (Å²) in [5, 5.41) is 3.65. The molecule has 3 aromatic rings. The molecule has 7 heteroatoms. The first-order valence-electron chi connectivity index (χ1n) is 10.0. The number of methoxy groups -OCH3 is 1. The van der Waals surface area contributed by atoms with Crippen molar-refractivity contribution < 1.29 is 19.1 Å². The lowest BCUT2D eigenvalue weighted by atomic mass is 10.0. The van der Waals surface area contributed by atoms with Crippen molar-refractivity contribution in [3.05, 3.63) is 89.1 Å². The number of nitrogens with one attached hydrogen (secondary N) is 1. The van der Waals surface area contributed by atoms with Crippen molar-refractivity contribution >= 4 is 40.4 Å². The summed E-state index contributed by atoms with van der Waals surface area (Å²) in [5.74, 6) is 0.508. The van der Waals surface area contributed by atoms with Gasteiger partial charge >= 0.3 is 0 Å². The molecule has 0 bridgehead atoms. The zero-order valence-electron chi connectivity index (χ0n) is 17.6. The molecule has 2 amide bonds.